The van der Waals surface area contributed by atoms with Gasteiger partial charge in [0.15, 0.2) is 0 Å². The maximum Gasteiger partial charge on any atom is 0.144 e. The summed E-state index contributed by atoms with van der Waals surface area (Å²) in [5, 5.41) is 3.18. The fraction of sp³-hybridized carbons (Fsp3) is 0.167. The Labute approximate surface area is 93.3 Å². The molecule has 0 fully saturated rings. The zero-order chi connectivity index (χ0) is 11.4. The Morgan fingerprint density at radius 1 is 1.38 bits per heavy atom. The van der Waals surface area contributed by atoms with Crippen molar-refractivity contribution in [1.29, 1.82) is 0 Å². The highest BCUT2D eigenvalue weighted by Crippen LogP contribution is 2.25. The highest BCUT2D eigenvalue weighted by molar-refractivity contribution is 5.56. The van der Waals surface area contributed by atoms with Crippen molar-refractivity contribution in [2.24, 2.45) is 0 Å². The van der Waals surface area contributed by atoms with Gasteiger partial charge in [0.05, 0.1) is 12.8 Å². The third-order valence-electron chi connectivity index (χ3n) is 2.31. The van der Waals surface area contributed by atoms with Crippen LogP contribution in [0.15, 0.2) is 36.7 Å². The fourth-order valence-corrected chi connectivity index (χ4v) is 1.48. The third-order valence-corrected chi connectivity index (χ3v) is 2.31. The van der Waals surface area contributed by atoms with Crippen LogP contribution in [0.3, 0.4) is 0 Å². The van der Waals surface area contributed by atoms with Gasteiger partial charge in [-0.25, -0.2) is 4.39 Å². The minimum Gasteiger partial charge on any atom is -0.494 e. The predicted molar refractivity (Wildman–Crippen MR) is 61.1 cm³/mol. The first-order chi connectivity index (χ1) is 7.79. The Hall–Kier alpha value is -1.97. The second kappa shape index (κ2) is 4.70. The fourth-order valence-electron chi connectivity index (χ4n) is 1.48. The number of halogens is 1. The SMILES string of the molecule is COc1cc(F)ccc1NCc1cc[nH]c1. The number of hydrogen-bond acceptors (Lipinski definition) is 2. The zero-order valence-corrected chi connectivity index (χ0v) is 8.96. The average Bonchev–Trinajstić information content (AvgIpc) is 2.80. The minimum atomic E-state index is -0.302. The first-order valence-corrected chi connectivity index (χ1v) is 4.98. The Morgan fingerprint density at radius 2 is 2.25 bits per heavy atom. The Bertz CT molecular complexity index is 454. The van der Waals surface area contributed by atoms with E-state index in [0.717, 1.165) is 11.3 Å². The Balaban J connectivity index is 2.09. The molecule has 0 radical (unpaired) electrons. The van der Waals surface area contributed by atoms with Gasteiger partial charge in [0.2, 0.25) is 0 Å². The van der Waals surface area contributed by atoms with E-state index >= 15 is 0 Å². The molecule has 0 bridgehead atoms. The van der Waals surface area contributed by atoms with Crippen molar-refractivity contribution < 1.29 is 9.13 Å². The average molecular weight is 220 g/mol. The summed E-state index contributed by atoms with van der Waals surface area (Å²) in [6.07, 6.45) is 3.77. The molecule has 0 aliphatic carbocycles. The van der Waals surface area contributed by atoms with Gasteiger partial charge in [0, 0.05) is 25.0 Å². The molecule has 84 valence electrons. The second-order valence-corrected chi connectivity index (χ2v) is 3.42. The van der Waals surface area contributed by atoms with Crippen LogP contribution in [0.25, 0.3) is 0 Å². The van der Waals surface area contributed by atoms with Gasteiger partial charge in [-0.05, 0) is 23.8 Å². The lowest BCUT2D eigenvalue weighted by atomic mass is 10.2. The zero-order valence-electron chi connectivity index (χ0n) is 8.96. The highest BCUT2D eigenvalue weighted by Gasteiger charge is 2.03. The van der Waals surface area contributed by atoms with Crippen molar-refractivity contribution in [2.75, 3.05) is 12.4 Å². The topological polar surface area (TPSA) is 37.0 Å². The molecule has 1 aromatic carbocycles. The number of hydrogen-bond donors (Lipinski definition) is 2. The van der Waals surface area contributed by atoms with Gasteiger partial charge in [0.1, 0.15) is 11.6 Å². The van der Waals surface area contributed by atoms with Crippen molar-refractivity contribution in [1.82, 2.24) is 4.98 Å². The van der Waals surface area contributed by atoms with Crippen LogP contribution in [-0.2, 0) is 6.54 Å². The number of benzene rings is 1. The minimum absolute atomic E-state index is 0.302. The molecule has 0 saturated carbocycles. The van der Waals surface area contributed by atoms with Gasteiger partial charge in [0.25, 0.3) is 0 Å². The maximum absolute atomic E-state index is 12.9. The third kappa shape index (κ3) is 2.34. The molecule has 2 N–H and O–H groups in total. The molecule has 0 aliphatic heterocycles. The summed E-state index contributed by atoms with van der Waals surface area (Å²) in [4.78, 5) is 2.97. The molecule has 0 atom stereocenters. The largest absolute Gasteiger partial charge is 0.494 e. The Morgan fingerprint density at radius 3 is 2.94 bits per heavy atom. The molecule has 0 amide bonds. The highest BCUT2D eigenvalue weighted by atomic mass is 19.1. The number of H-pyrrole nitrogens is 1. The van der Waals surface area contributed by atoms with Crippen molar-refractivity contribution >= 4 is 5.69 Å². The van der Waals surface area contributed by atoms with E-state index in [4.69, 9.17) is 4.74 Å². The lowest BCUT2D eigenvalue weighted by Crippen LogP contribution is -2.00. The standard InChI is InChI=1S/C12H13FN2O/c1-16-12-6-10(13)2-3-11(12)15-8-9-4-5-14-7-9/h2-7,14-15H,8H2,1H3. The van der Waals surface area contributed by atoms with Gasteiger partial charge in [-0.2, -0.15) is 0 Å². The Kier molecular flexibility index (Phi) is 3.10. The van der Waals surface area contributed by atoms with Crippen LogP contribution < -0.4 is 10.1 Å². The van der Waals surface area contributed by atoms with E-state index in [1.54, 1.807) is 6.07 Å². The van der Waals surface area contributed by atoms with E-state index in [9.17, 15) is 4.39 Å². The lowest BCUT2D eigenvalue weighted by molar-refractivity contribution is 0.413. The molecule has 0 spiro atoms. The maximum atomic E-state index is 12.9. The molecule has 3 nitrogen and oxygen atoms in total. The van der Waals surface area contributed by atoms with Crippen molar-refractivity contribution in [3.8, 4) is 5.75 Å². The van der Waals surface area contributed by atoms with Crippen LogP contribution in [0.1, 0.15) is 5.56 Å². The quantitative estimate of drug-likeness (QED) is 0.831. The molecular weight excluding hydrogens is 207 g/mol. The van der Waals surface area contributed by atoms with Crippen LogP contribution in [-0.4, -0.2) is 12.1 Å². The lowest BCUT2D eigenvalue weighted by Gasteiger charge is -2.10. The second-order valence-electron chi connectivity index (χ2n) is 3.42. The monoisotopic (exact) mass is 220 g/mol. The van der Waals surface area contributed by atoms with Gasteiger partial charge in [-0.3, -0.25) is 0 Å². The normalized spacial score (nSPS) is 10.1. The number of methoxy groups -OCH3 is 1. The number of anilines is 1. The number of aromatic amines is 1. The molecule has 16 heavy (non-hydrogen) atoms. The van der Waals surface area contributed by atoms with Crippen LogP contribution in [0.4, 0.5) is 10.1 Å². The van der Waals surface area contributed by atoms with Crippen LogP contribution in [0.2, 0.25) is 0 Å². The van der Waals surface area contributed by atoms with E-state index in [0.29, 0.717) is 12.3 Å². The molecular formula is C12H13FN2O. The molecule has 0 aliphatic rings. The smallest absolute Gasteiger partial charge is 0.144 e. The first kappa shape index (κ1) is 10.5. The summed E-state index contributed by atoms with van der Waals surface area (Å²) >= 11 is 0. The number of nitrogens with one attached hydrogen (secondary N) is 2. The van der Waals surface area contributed by atoms with Gasteiger partial charge >= 0.3 is 0 Å². The molecule has 4 heteroatoms. The molecule has 2 aromatic rings. The summed E-state index contributed by atoms with van der Waals surface area (Å²) in [6.45, 7) is 0.672. The van der Waals surface area contributed by atoms with Crippen LogP contribution >= 0.6 is 0 Å². The summed E-state index contributed by atoms with van der Waals surface area (Å²) in [5.74, 6) is 0.208. The van der Waals surface area contributed by atoms with Crippen molar-refractivity contribution in [2.45, 2.75) is 6.54 Å². The van der Waals surface area contributed by atoms with E-state index < -0.39 is 0 Å². The summed E-state index contributed by atoms with van der Waals surface area (Å²) in [6, 6.07) is 6.41. The number of rotatable bonds is 4. The molecule has 1 heterocycles. The van der Waals surface area contributed by atoms with E-state index in [2.05, 4.69) is 10.3 Å². The number of aromatic nitrogens is 1. The number of ether oxygens (including phenoxy) is 1. The first-order valence-electron chi connectivity index (χ1n) is 4.98. The molecule has 2 rings (SSSR count). The van der Waals surface area contributed by atoms with Gasteiger partial charge < -0.3 is 15.0 Å². The predicted octanol–water partition coefficient (Wildman–Crippen LogP) is 2.77. The molecule has 0 unspecified atom stereocenters. The van der Waals surface area contributed by atoms with Crippen molar-refractivity contribution in [3.05, 3.63) is 48.0 Å². The van der Waals surface area contributed by atoms with Crippen LogP contribution in [0, 0.1) is 5.82 Å². The summed E-state index contributed by atoms with van der Waals surface area (Å²) < 4.78 is 18.0. The van der Waals surface area contributed by atoms with Crippen molar-refractivity contribution in [3.63, 3.8) is 0 Å². The van der Waals surface area contributed by atoms with Gasteiger partial charge in [-0.1, -0.05) is 0 Å². The van der Waals surface area contributed by atoms with Crippen LogP contribution in [0.5, 0.6) is 5.75 Å². The van der Waals surface area contributed by atoms with E-state index in [-0.39, 0.29) is 5.82 Å². The molecule has 0 saturated heterocycles. The molecule has 1 aromatic heterocycles. The van der Waals surface area contributed by atoms with E-state index in [1.165, 1.54) is 19.2 Å². The summed E-state index contributed by atoms with van der Waals surface area (Å²) in [5.41, 5.74) is 1.91. The summed E-state index contributed by atoms with van der Waals surface area (Å²) in [7, 11) is 1.52. The van der Waals surface area contributed by atoms with Gasteiger partial charge in [-0.15, -0.1) is 0 Å². The van der Waals surface area contributed by atoms with E-state index in [1.807, 2.05) is 18.5 Å².